The Morgan fingerprint density at radius 2 is 2.17 bits per heavy atom. The molecule has 1 aromatic heterocycles. The van der Waals surface area contributed by atoms with E-state index in [1.54, 1.807) is 0 Å². The van der Waals surface area contributed by atoms with E-state index in [9.17, 15) is 0 Å². The molecule has 2 aromatic rings. The summed E-state index contributed by atoms with van der Waals surface area (Å²) in [6.45, 7) is 12.9. The molecule has 3 nitrogen and oxygen atoms in total. The van der Waals surface area contributed by atoms with Crippen molar-refractivity contribution in [3.05, 3.63) is 54.2 Å². The van der Waals surface area contributed by atoms with E-state index in [2.05, 4.69) is 67.6 Å². The first kappa shape index (κ1) is 17.1. The lowest BCUT2D eigenvalue weighted by Gasteiger charge is -2.41. The van der Waals surface area contributed by atoms with Crippen molar-refractivity contribution in [1.29, 1.82) is 0 Å². The number of piperidine rings is 1. The van der Waals surface area contributed by atoms with Crippen molar-refractivity contribution in [1.82, 2.24) is 9.88 Å². The maximum Gasteiger partial charge on any atom is 0.0705 e. The molecule has 3 heteroatoms. The number of benzene rings is 1. The number of likely N-dealkylation sites (tertiary alicyclic amines) is 1. The fourth-order valence-corrected chi connectivity index (χ4v) is 3.86. The molecule has 1 fully saturated rings. The Balaban J connectivity index is 1.87. The van der Waals surface area contributed by atoms with Crippen LogP contribution in [0.3, 0.4) is 0 Å². The molecule has 128 valence electrons. The maximum absolute atomic E-state index is 6.71. The topological polar surface area (TPSA) is 42.1 Å². The summed E-state index contributed by atoms with van der Waals surface area (Å²) in [5.41, 5.74) is 10.2. The summed E-state index contributed by atoms with van der Waals surface area (Å²) in [7, 11) is 0. The highest BCUT2D eigenvalue weighted by atomic mass is 15.2. The van der Waals surface area contributed by atoms with Crippen molar-refractivity contribution in [3.8, 4) is 0 Å². The molecule has 2 N–H and O–H groups in total. The molecule has 4 atom stereocenters. The summed E-state index contributed by atoms with van der Waals surface area (Å²) in [5.74, 6) is 1.27. The van der Waals surface area contributed by atoms with Crippen molar-refractivity contribution >= 4 is 10.9 Å². The second-order valence-electron chi connectivity index (χ2n) is 7.35. The third-order valence-electron chi connectivity index (χ3n) is 5.74. The highest BCUT2D eigenvalue weighted by molar-refractivity contribution is 5.83. The number of aromatic nitrogens is 1. The van der Waals surface area contributed by atoms with Gasteiger partial charge in [0.15, 0.2) is 0 Å². The lowest BCUT2D eigenvalue weighted by Crippen LogP contribution is -2.47. The molecular formula is C21H29N3. The van der Waals surface area contributed by atoms with Crippen molar-refractivity contribution < 1.29 is 0 Å². The number of hydrogen-bond donors (Lipinski definition) is 1. The van der Waals surface area contributed by atoms with Crippen LogP contribution in [0.4, 0.5) is 0 Å². The van der Waals surface area contributed by atoms with Gasteiger partial charge in [0.25, 0.3) is 0 Å². The minimum atomic E-state index is -0.0174. The standard InChI is InChI=1S/C21H29N3/c1-5-17-13-24(11-9-15(17)3)16(4)21(22)18-8-10-23-20-7-6-14(2)12-19(18)20/h5-8,10,12,15-17,21H,1,9,11,13,22H2,2-4H3. The fourth-order valence-electron chi connectivity index (χ4n) is 3.86. The Morgan fingerprint density at radius 3 is 2.92 bits per heavy atom. The molecule has 0 radical (unpaired) electrons. The van der Waals surface area contributed by atoms with Gasteiger partial charge in [-0.25, -0.2) is 0 Å². The van der Waals surface area contributed by atoms with Crippen LogP contribution in [0.25, 0.3) is 10.9 Å². The van der Waals surface area contributed by atoms with Crippen molar-refractivity contribution in [2.75, 3.05) is 13.1 Å². The monoisotopic (exact) mass is 323 g/mol. The van der Waals surface area contributed by atoms with Gasteiger partial charge in [-0.15, -0.1) is 6.58 Å². The molecule has 1 aliphatic rings. The summed E-state index contributed by atoms with van der Waals surface area (Å²) in [5, 5.41) is 1.18. The van der Waals surface area contributed by atoms with Gasteiger partial charge in [-0.2, -0.15) is 0 Å². The Hall–Kier alpha value is -1.71. The number of aryl methyl sites for hydroxylation is 1. The Labute approximate surface area is 145 Å². The van der Waals surface area contributed by atoms with Gasteiger partial charge in [0, 0.05) is 30.2 Å². The highest BCUT2D eigenvalue weighted by Crippen LogP contribution is 2.30. The first-order chi connectivity index (χ1) is 11.5. The third-order valence-corrected chi connectivity index (χ3v) is 5.74. The van der Waals surface area contributed by atoms with E-state index < -0.39 is 0 Å². The van der Waals surface area contributed by atoms with Gasteiger partial charge in [-0.3, -0.25) is 9.88 Å². The van der Waals surface area contributed by atoms with Gasteiger partial charge in [-0.1, -0.05) is 24.6 Å². The van der Waals surface area contributed by atoms with Gasteiger partial charge in [0.05, 0.1) is 5.52 Å². The zero-order chi connectivity index (χ0) is 17.3. The minimum absolute atomic E-state index is 0.0174. The molecule has 3 rings (SSSR count). The Bertz CT molecular complexity index is 724. The summed E-state index contributed by atoms with van der Waals surface area (Å²) in [6.07, 6.45) is 5.20. The van der Waals surface area contributed by atoms with E-state index in [4.69, 9.17) is 5.73 Å². The second kappa shape index (κ2) is 7.04. The Morgan fingerprint density at radius 1 is 1.38 bits per heavy atom. The van der Waals surface area contributed by atoms with Crippen molar-refractivity contribution in [2.45, 2.75) is 39.3 Å². The fraction of sp³-hybridized carbons (Fsp3) is 0.476. The molecule has 24 heavy (non-hydrogen) atoms. The number of nitrogens with zero attached hydrogens (tertiary/aromatic N) is 2. The summed E-state index contributed by atoms with van der Waals surface area (Å²) < 4.78 is 0. The predicted molar refractivity (Wildman–Crippen MR) is 102 cm³/mol. The molecule has 0 bridgehead atoms. The van der Waals surface area contributed by atoms with Crippen LogP contribution in [0.15, 0.2) is 43.1 Å². The van der Waals surface area contributed by atoms with Crippen LogP contribution in [-0.2, 0) is 0 Å². The van der Waals surface area contributed by atoms with Crippen molar-refractivity contribution in [3.63, 3.8) is 0 Å². The first-order valence-corrected chi connectivity index (χ1v) is 8.98. The number of fused-ring (bicyclic) bond motifs is 1. The number of pyridine rings is 1. The summed E-state index contributed by atoms with van der Waals surface area (Å²) >= 11 is 0. The first-order valence-electron chi connectivity index (χ1n) is 8.98. The normalized spacial score (nSPS) is 24.7. The van der Waals surface area contributed by atoms with Crippen LogP contribution in [-0.4, -0.2) is 29.0 Å². The van der Waals surface area contributed by atoms with Crippen LogP contribution < -0.4 is 5.73 Å². The van der Waals surface area contributed by atoms with E-state index in [1.807, 2.05) is 6.20 Å². The molecule has 0 spiro atoms. The van der Waals surface area contributed by atoms with Crippen LogP contribution in [0.1, 0.15) is 37.4 Å². The predicted octanol–water partition coefficient (Wildman–Crippen LogP) is 4.08. The van der Waals surface area contributed by atoms with E-state index in [-0.39, 0.29) is 6.04 Å². The van der Waals surface area contributed by atoms with Crippen LogP contribution >= 0.6 is 0 Å². The smallest absolute Gasteiger partial charge is 0.0705 e. The second-order valence-corrected chi connectivity index (χ2v) is 7.35. The van der Waals surface area contributed by atoms with E-state index in [0.29, 0.717) is 17.9 Å². The zero-order valence-electron chi connectivity index (χ0n) is 15.1. The minimum Gasteiger partial charge on any atom is -0.323 e. The Kier molecular flexibility index (Phi) is 5.02. The van der Waals surface area contributed by atoms with Crippen LogP contribution in [0, 0.1) is 18.8 Å². The molecule has 2 heterocycles. The number of hydrogen-bond acceptors (Lipinski definition) is 3. The van der Waals surface area contributed by atoms with Gasteiger partial charge in [-0.05, 0) is 62.4 Å². The molecule has 1 saturated heterocycles. The molecule has 4 unspecified atom stereocenters. The van der Waals surface area contributed by atoms with Gasteiger partial charge < -0.3 is 5.73 Å². The van der Waals surface area contributed by atoms with Crippen molar-refractivity contribution in [2.24, 2.45) is 17.6 Å². The zero-order valence-corrected chi connectivity index (χ0v) is 15.1. The van der Waals surface area contributed by atoms with Gasteiger partial charge in [0.2, 0.25) is 0 Å². The van der Waals surface area contributed by atoms with Gasteiger partial charge in [0.1, 0.15) is 0 Å². The quantitative estimate of drug-likeness (QED) is 0.862. The summed E-state index contributed by atoms with van der Waals surface area (Å²) in [4.78, 5) is 7.02. The molecule has 0 aliphatic carbocycles. The molecular weight excluding hydrogens is 294 g/mol. The van der Waals surface area contributed by atoms with E-state index in [1.165, 1.54) is 22.9 Å². The molecule has 0 amide bonds. The van der Waals surface area contributed by atoms with Crippen LogP contribution in [0.2, 0.25) is 0 Å². The van der Waals surface area contributed by atoms with Crippen LogP contribution in [0.5, 0.6) is 0 Å². The molecule has 0 saturated carbocycles. The number of rotatable bonds is 4. The van der Waals surface area contributed by atoms with E-state index >= 15 is 0 Å². The average Bonchev–Trinajstić information content (AvgIpc) is 2.60. The van der Waals surface area contributed by atoms with E-state index in [0.717, 1.165) is 18.6 Å². The lowest BCUT2D eigenvalue weighted by atomic mass is 9.85. The van der Waals surface area contributed by atoms with Gasteiger partial charge >= 0.3 is 0 Å². The summed E-state index contributed by atoms with van der Waals surface area (Å²) in [6, 6.07) is 8.76. The average molecular weight is 323 g/mol. The lowest BCUT2D eigenvalue weighted by molar-refractivity contribution is 0.102. The SMILES string of the molecule is C=CC1CN(C(C)C(N)c2ccnc3ccc(C)cc23)CCC1C. The third kappa shape index (κ3) is 3.24. The largest absolute Gasteiger partial charge is 0.323 e. The maximum atomic E-state index is 6.71. The number of nitrogens with two attached hydrogens (primary N) is 1. The highest BCUT2D eigenvalue weighted by Gasteiger charge is 2.30. The molecule has 1 aliphatic heterocycles. The molecule has 1 aromatic carbocycles.